The molecule has 6 heteroatoms. The Morgan fingerprint density at radius 3 is 2.47 bits per heavy atom. The number of nitrogens with zero attached hydrogens (tertiary/aromatic N) is 1. The van der Waals surface area contributed by atoms with Crippen LogP contribution in [0.4, 0.5) is 5.69 Å². The predicted octanol–water partition coefficient (Wildman–Crippen LogP) is 4.63. The predicted molar refractivity (Wildman–Crippen MR) is 127 cm³/mol. The van der Waals surface area contributed by atoms with Crippen molar-refractivity contribution in [1.82, 2.24) is 4.72 Å². The highest BCUT2D eigenvalue weighted by Gasteiger charge is 2.26. The minimum atomic E-state index is -3.61. The maximum atomic E-state index is 13.1. The van der Waals surface area contributed by atoms with Crippen molar-refractivity contribution in [3.63, 3.8) is 0 Å². The van der Waals surface area contributed by atoms with Crippen LogP contribution in [0.25, 0.3) is 0 Å². The lowest BCUT2D eigenvalue weighted by Gasteiger charge is -2.18. The van der Waals surface area contributed by atoms with Crippen LogP contribution in [-0.2, 0) is 29.4 Å². The van der Waals surface area contributed by atoms with Gasteiger partial charge in [-0.3, -0.25) is 4.79 Å². The first-order valence-corrected chi connectivity index (χ1v) is 12.4. The van der Waals surface area contributed by atoms with Crippen LogP contribution in [0.3, 0.4) is 0 Å². The Morgan fingerprint density at radius 1 is 1.00 bits per heavy atom. The van der Waals surface area contributed by atoms with Crippen molar-refractivity contribution in [2.45, 2.75) is 44.6 Å². The monoisotopic (exact) mass is 448 g/mol. The summed E-state index contributed by atoms with van der Waals surface area (Å²) >= 11 is 0. The normalized spacial score (nSPS) is 13.2. The van der Waals surface area contributed by atoms with Crippen molar-refractivity contribution in [2.24, 2.45) is 0 Å². The molecule has 0 atom stereocenters. The quantitative estimate of drug-likeness (QED) is 0.573. The van der Waals surface area contributed by atoms with Gasteiger partial charge in [-0.2, -0.15) is 0 Å². The van der Waals surface area contributed by atoms with E-state index in [0.29, 0.717) is 12.1 Å². The molecule has 3 aromatic rings. The van der Waals surface area contributed by atoms with Gasteiger partial charge in [0.15, 0.2) is 0 Å². The molecule has 1 aliphatic heterocycles. The van der Waals surface area contributed by atoms with Gasteiger partial charge in [0.25, 0.3) is 5.91 Å². The smallest absolute Gasteiger partial charge is 0.258 e. The molecule has 0 saturated heterocycles. The fourth-order valence-corrected chi connectivity index (χ4v) is 5.08. The zero-order valence-electron chi connectivity index (χ0n) is 18.5. The van der Waals surface area contributed by atoms with E-state index in [-0.39, 0.29) is 17.3 Å². The number of amides is 1. The van der Waals surface area contributed by atoms with Gasteiger partial charge >= 0.3 is 0 Å². The summed E-state index contributed by atoms with van der Waals surface area (Å²) in [5.74, 6) is -0.0302. The molecule has 1 aliphatic rings. The number of hydrogen-bond acceptors (Lipinski definition) is 3. The fraction of sp³-hybridized carbons (Fsp3) is 0.269. The molecule has 0 fully saturated rings. The van der Waals surface area contributed by atoms with Crippen LogP contribution < -0.4 is 9.62 Å². The van der Waals surface area contributed by atoms with Crippen molar-refractivity contribution in [1.29, 1.82) is 0 Å². The average molecular weight is 449 g/mol. The molecule has 0 aromatic heterocycles. The highest BCUT2D eigenvalue weighted by Crippen LogP contribution is 2.30. The van der Waals surface area contributed by atoms with Gasteiger partial charge in [-0.05, 0) is 66.8 Å². The third kappa shape index (κ3) is 4.76. The molecule has 0 spiro atoms. The summed E-state index contributed by atoms with van der Waals surface area (Å²) in [5, 5.41) is 0. The zero-order valence-corrected chi connectivity index (χ0v) is 19.3. The number of anilines is 1. The van der Waals surface area contributed by atoms with Gasteiger partial charge in [-0.1, -0.05) is 55.3 Å². The standard InChI is InChI=1S/C26H28N2O3S/c1-3-5-20-9-12-24(13-10-20)32(30,31)27-18-21-8-11-22-14-15-28(25(22)17-21)26(29)23-7-4-6-19(2)16-23/h4,6-13,16-17,27H,3,5,14-15,18H2,1-2H3. The summed E-state index contributed by atoms with van der Waals surface area (Å²) < 4.78 is 28.1. The number of carbonyl (C=O) groups excluding carboxylic acids is 1. The van der Waals surface area contributed by atoms with Gasteiger partial charge < -0.3 is 4.90 Å². The molecular weight excluding hydrogens is 420 g/mol. The Labute approximate surface area is 190 Å². The number of benzene rings is 3. The summed E-state index contributed by atoms with van der Waals surface area (Å²) in [6.07, 6.45) is 2.75. The lowest BCUT2D eigenvalue weighted by Crippen LogP contribution is -2.29. The second kappa shape index (κ2) is 9.27. The molecule has 1 N–H and O–H groups in total. The van der Waals surface area contributed by atoms with E-state index in [2.05, 4.69) is 11.6 Å². The van der Waals surface area contributed by atoms with Crippen LogP contribution >= 0.6 is 0 Å². The minimum absolute atomic E-state index is 0.0302. The Hall–Kier alpha value is -2.96. The molecule has 4 rings (SSSR count). The summed E-state index contributed by atoms with van der Waals surface area (Å²) in [7, 11) is -3.61. The number of fused-ring (bicyclic) bond motifs is 1. The first kappa shape index (κ1) is 22.2. The number of aryl methyl sites for hydroxylation is 2. The Morgan fingerprint density at radius 2 is 1.75 bits per heavy atom. The number of rotatable bonds is 7. The highest BCUT2D eigenvalue weighted by atomic mass is 32.2. The Kier molecular flexibility index (Phi) is 6.44. The van der Waals surface area contributed by atoms with Gasteiger partial charge in [0, 0.05) is 24.3 Å². The van der Waals surface area contributed by atoms with E-state index in [1.807, 2.05) is 61.5 Å². The maximum absolute atomic E-state index is 13.1. The highest BCUT2D eigenvalue weighted by molar-refractivity contribution is 7.89. The third-order valence-corrected chi connectivity index (χ3v) is 7.21. The molecule has 166 valence electrons. The topological polar surface area (TPSA) is 66.5 Å². The van der Waals surface area contributed by atoms with Crippen molar-refractivity contribution >= 4 is 21.6 Å². The Balaban J connectivity index is 1.49. The van der Waals surface area contributed by atoms with Gasteiger partial charge in [-0.15, -0.1) is 0 Å². The summed E-state index contributed by atoms with van der Waals surface area (Å²) in [5.41, 5.74) is 5.61. The van der Waals surface area contributed by atoms with E-state index < -0.39 is 10.0 Å². The molecular formula is C26H28N2O3S. The number of sulfonamides is 1. The molecule has 0 aliphatic carbocycles. The second-order valence-corrected chi connectivity index (χ2v) is 10.0. The van der Waals surface area contributed by atoms with E-state index in [4.69, 9.17) is 0 Å². The molecule has 0 radical (unpaired) electrons. The van der Waals surface area contributed by atoms with E-state index >= 15 is 0 Å². The van der Waals surface area contributed by atoms with Gasteiger partial charge in [0.2, 0.25) is 10.0 Å². The van der Waals surface area contributed by atoms with Crippen LogP contribution in [0.5, 0.6) is 0 Å². The first-order valence-electron chi connectivity index (χ1n) is 11.0. The molecule has 0 bridgehead atoms. The van der Waals surface area contributed by atoms with E-state index in [0.717, 1.165) is 47.2 Å². The van der Waals surface area contributed by atoms with Gasteiger partial charge in [-0.25, -0.2) is 13.1 Å². The second-order valence-electron chi connectivity index (χ2n) is 8.26. The van der Waals surface area contributed by atoms with Crippen molar-refractivity contribution in [3.05, 3.63) is 94.5 Å². The molecule has 5 nitrogen and oxygen atoms in total. The van der Waals surface area contributed by atoms with Crippen LogP contribution in [0.2, 0.25) is 0 Å². The molecule has 32 heavy (non-hydrogen) atoms. The first-order chi connectivity index (χ1) is 15.4. The molecule has 0 saturated carbocycles. The van der Waals surface area contributed by atoms with Crippen LogP contribution in [0, 0.1) is 6.92 Å². The minimum Gasteiger partial charge on any atom is -0.308 e. The summed E-state index contributed by atoms with van der Waals surface area (Å²) in [6, 6.07) is 20.4. The lowest BCUT2D eigenvalue weighted by molar-refractivity contribution is 0.0989. The third-order valence-electron chi connectivity index (χ3n) is 5.79. The summed E-state index contributed by atoms with van der Waals surface area (Å²) in [4.78, 5) is 15.1. The molecule has 3 aromatic carbocycles. The van der Waals surface area contributed by atoms with E-state index in [1.165, 1.54) is 0 Å². The van der Waals surface area contributed by atoms with E-state index in [9.17, 15) is 13.2 Å². The van der Waals surface area contributed by atoms with Crippen molar-refractivity contribution in [2.75, 3.05) is 11.4 Å². The average Bonchev–Trinajstić information content (AvgIpc) is 3.21. The summed E-state index contributed by atoms with van der Waals surface area (Å²) in [6.45, 7) is 4.86. The van der Waals surface area contributed by atoms with Crippen LogP contribution in [0.1, 0.15) is 46.0 Å². The number of carbonyl (C=O) groups is 1. The Bertz CT molecular complexity index is 1230. The largest absolute Gasteiger partial charge is 0.308 e. The van der Waals surface area contributed by atoms with E-state index in [1.54, 1.807) is 17.0 Å². The fourth-order valence-electron chi connectivity index (χ4n) is 4.07. The molecule has 0 unspecified atom stereocenters. The maximum Gasteiger partial charge on any atom is 0.258 e. The van der Waals surface area contributed by atoms with Crippen LogP contribution in [-0.4, -0.2) is 20.9 Å². The lowest BCUT2D eigenvalue weighted by atomic mass is 10.1. The zero-order chi connectivity index (χ0) is 22.7. The van der Waals surface area contributed by atoms with Crippen molar-refractivity contribution in [3.8, 4) is 0 Å². The van der Waals surface area contributed by atoms with Gasteiger partial charge in [0.1, 0.15) is 0 Å². The molecule has 1 amide bonds. The molecule has 1 heterocycles. The van der Waals surface area contributed by atoms with Gasteiger partial charge in [0.05, 0.1) is 4.90 Å². The number of hydrogen-bond donors (Lipinski definition) is 1. The van der Waals surface area contributed by atoms with Crippen LogP contribution in [0.15, 0.2) is 71.6 Å². The SMILES string of the molecule is CCCc1ccc(S(=O)(=O)NCc2ccc3c(c2)N(C(=O)c2cccc(C)c2)CC3)cc1. The number of nitrogens with one attached hydrogen (secondary N) is 1. The van der Waals surface area contributed by atoms with Crippen molar-refractivity contribution < 1.29 is 13.2 Å².